The Hall–Kier alpha value is -1.54. The molecule has 1 rings (SSSR count). The van der Waals surface area contributed by atoms with Crippen molar-refractivity contribution in [2.75, 3.05) is 6.54 Å². The SMILES string of the molecule is O=C(NCCCC(F)(F)F)c1cc(Cl)c(Cl)c([N+](=O)[O-])c1. The average molecular weight is 345 g/mol. The third-order valence-corrected chi connectivity index (χ3v) is 3.18. The number of hydrogen-bond acceptors (Lipinski definition) is 3. The molecular formula is C11H9Cl2F3N2O3. The lowest BCUT2D eigenvalue weighted by atomic mass is 10.2. The predicted molar refractivity (Wildman–Crippen MR) is 70.7 cm³/mol. The Kier molecular flexibility index (Phi) is 5.79. The van der Waals surface area contributed by atoms with Crippen molar-refractivity contribution in [3.63, 3.8) is 0 Å². The number of benzene rings is 1. The van der Waals surface area contributed by atoms with Gasteiger partial charge in [-0.3, -0.25) is 14.9 Å². The number of carbonyl (C=O) groups excluding carboxylic acids is 1. The van der Waals surface area contributed by atoms with Crippen LogP contribution in [-0.2, 0) is 0 Å². The molecule has 0 aromatic heterocycles. The van der Waals surface area contributed by atoms with E-state index in [1.54, 1.807) is 0 Å². The number of carbonyl (C=O) groups is 1. The number of halogens is 5. The summed E-state index contributed by atoms with van der Waals surface area (Å²) in [5, 5.41) is 12.4. The number of nitro groups is 1. The van der Waals surface area contributed by atoms with Crippen LogP contribution in [0.25, 0.3) is 0 Å². The van der Waals surface area contributed by atoms with E-state index in [1.807, 2.05) is 0 Å². The summed E-state index contributed by atoms with van der Waals surface area (Å²) >= 11 is 11.3. The van der Waals surface area contributed by atoms with Crippen LogP contribution in [0.2, 0.25) is 10.0 Å². The Labute approximate surface area is 127 Å². The predicted octanol–water partition coefficient (Wildman–Crippen LogP) is 3.97. The third-order valence-electron chi connectivity index (χ3n) is 2.39. The van der Waals surface area contributed by atoms with Crippen LogP contribution in [0.3, 0.4) is 0 Å². The highest BCUT2D eigenvalue weighted by Crippen LogP contribution is 2.33. The molecule has 21 heavy (non-hydrogen) atoms. The lowest BCUT2D eigenvalue weighted by Crippen LogP contribution is -2.25. The highest BCUT2D eigenvalue weighted by atomic mass is 35.5. The maximum Gasteiger partial charge on any atom is 0.389 e. The second-order valence-corrected chi connectivity index (χ2v) is 4.81. The number of alkyl halides is 3. The van der Waals surface area contributed by atoms with Gasteiger partial charge in [-0.15, -0.1) is 0 Å². The summed E-state index contributed by atoms with van der Waals surface area (Å²) in [6, 6.07) is 2.02. The van der Waals surface area contributed by atoms with E-state index in [9.17, 15) is 28.1 Å². The van der Waals surface area contributed by atoms with Crippen LogP contribution in [0.1, 0.15) is 23.2 Å². The third kappa shape index (κ3) is 5.39. The van der Waals surface area contributed by atoms with Crippen LogP contribution in [0.4, 0.5) is 18.9 Å². The van der Waals surface area contributed by atoms with E-state index < -0.39 is 29.1 Å². The minimum atomic E-state index is -4.30. The van der Waals surface area contributed by atoms with Crippen LogP contribution < -0.4 is 5.32 Å². The molecule has 0 spiro atoms. The second-order valence-electron chi connectivity index (χ2n) is 4.02. The molecule has 0 unspecified atom stereocenters. The molecule has 1 aromatic carbocycles. The number of rotatable bonds is 5. The Bertz CT molecular complexity index is 564. The van der Waals surface area contributed by atoms with Crippen LogP contribution in [0, 0.1) is 10.1 Å². The molecular weight excluding hydrogens is 336 g/mol. The first-order chi connectivity index (χ1) is 9.61. The van der Waals surface area contributed by atoms with Crippen LogP contribution in [-0.4, -0.2) is 23.6 Å². The molecule has 0 fully saturated rings. The molecule has 0 saturated carbocycles. The second kappa shape index (κ2) is 6.95. The first-order valence-corrected chi connectivity index (χ1v) is 6.36. The van der Waals surface area contributed by atoms with Gasteiger partial charge in [0.25, 0.3) is 11.6 Å². The highest BCUT2D eigenvalue weighted by molar-refractivity contribution is 6.43. The molecule has 0 atom stereocenters. The van der Waals surface area contributed by atoms with Crippen LogP contribution >= 0.6 is 23.2 Å². The van der Waals surface area contributed by atoms with E-state index in [2.05, 4.69) is 5.32 Å². The number of amides is 1. The zero-order chi connectivity index (χ0) is 16.2. The average Bonchev–Trinajstić information content (AvgIpc) is 2.35. The summed E-state index contributed by atoms with van der Waals surface area (Å²) in [6.07, 6.45) is -5.62. The molecule has 0 aliphatic rings. The zero-order valence-electron chi connectivity index (χ0n) is 10.3. The van der Waals surface area contributed by atoms with Crippen LogP contribution in [0.5, 0.6) is 0 Å². The van der Waals surface area contributed by atoms with E-state index in [0.717, 1.165) is 12.1 Å². The first-order valence-electron chi connectivity index (χ1n) is 5.60. The standard InChI is InChI=1S/C11H9Cl2F3N2O3/c12-7-4-6(5-8(9(7)13)18(20)21)10(19)17-3-1-2-11(14,15)16/h4-5H,1-3H2,(H,17,19). The van der Waals surface area contributed by atoms with Gasteiger partial charge in [0.05, 0.1) is 9.95 Å². The van der Waals surface area contributed by atoms with Gasteiger partial charge in [-0.05, 0) is 12.5 Å². The van der Waals surface area contributed by atoms with Crippen LogP contribution in [0.15, 0.2) is 12.1 Å². The molecule has 116 valence electrons. The van der Waals surface area contributed by atoms with Crippen molar-refractivity contribution < 1.29 is 22.9 Å². The Morgan fingerprint density at radius 1 is 1.33 bits per heavy atom. The van der Waals surface area contributed by atoms with Gasteiger partial charge >= 0.3 is 6.18 Å². The smallest absolute Gasteiger partial charge is 0.352 e. The fraction of sp³-hybridized carbons (Fsp3) is 0.364. The summed E-state index contributed by atoms with van der Waals surface area (Å²) in [4.78, 5) is 21.6. The van der Waals surface area contributed by atoms with E-state index in [-0.39, 0.29) is 28.6 Å². The van der Waals surface area contributed by atoms with Crippen molar-refractivity contribution in [3.8, 4) is 0 Å². The van der Waals surface area contributed by atoms with E-state index in [4.69, 9.17) is 23.2 Å². The summed E-state index contributed by atoms with van der Waals surface area (Å²) < 4.78 is 35.8. The van der Waals surface area contributed by atoms with Crippen molar-refractivity contribution in [2.45, 2.75) is 19.0 Å². The number of nitrogens with one attached hydrogen (secondary N) is 1. The molecule has 0 radical (unpaired) electrons. The largest absolute Gasteiger partial charge is 0.389 e. The lowest BCUT2D eigenvalue weighted by molar-refractivity contribution is -0.384. The van der Waals surface area contributed by atoms with E-state index in [1.165, 1.54) is 0 Å². The molecule has 1 aromatic rings. The minimum Gasteiger partial charge on any atom is -0.352 e. The lowest BCUT2D eigenvalue weighted by Gasteiger charge is -2.08. The molecule has 0 saturated heterocycles. The molecule has 5 nitrogen and oxygen atoms in total. The fourth-order valence-electron chi connectivity index (χ4n) is 1.43. The summed E-state index contributed by atoms with van der Waals surface area (Å²) in [7, 11) is 0. The van der Waals surface area contributed by atoms with Gasteiger partial charge in [-0.2, -0.15) is 13.2 Å². The van der Waals surface area contributed by atoms with E-state index in [0.29, 0.717) is 0 Å². The summed E-state index contributed by atoms with van der Waals surface area (Å²) in [5.74, 6) is -0.765. The van der Waals surface area contributed by atoms with Crippen molar-refractivity contribution in [3.05, 3.63) is 37.9 Å². The maximum atomic E-state index is 11.9. The van der Waals surface area contributed by atoms with Gasteiger partial charge in [0.15, 0.2) is 0 Å². The number of hydrogen-bond donors (Lipinski definition) is 1. The molecule has 0 aliphatic heterocycles. The summed E-state index contributed by atoms with van der Waals surface area (Å²) in [6.45, 7) is -0.216. The van der Waals surface area contributed by atoms with Gasteiger partial charge in [0.2, 0.25) is 0 Å². The van der Waals surface area contributed by atoms with Gasteiger partial charge in [0, 0.05) is 24.6 Å². The zero-order valence-corrected chi connectivity index (χ0v) is 11.8. The van der Waals surface area contributed by atoms with Crippen molar-refractivity contribution in [2.24, 2.45) is 0 Å². The normalized spacial score (nSPS) is 11.3. The van der Waals surface area contributed by atoms with Gasteiger partial charge in [-0.25, -0.2) is 0 Å². The minimum absolute atomic E-state index is 0.150. The molecule has 1 N–H and O–H groups in total. The summed E-state index contributed by atoms with van der Waals surface area (Å²) in [5.41, 5.74) is -0.701. The van der Waals surface area contributed by atoms with Gasteiger partial charge < -0.3 is 5.32 Å². The van der Waals surface area contributed by atoms with Crippen molar-refractivity contribution in [1.29, 1.82) is 0 Å². The molecule has 0 heterocycles. The Balaban J connectivity index is 2.73. The quantitative estimate of drug-likeness (QED) is 0.499. The Morgan fingerprint density at radius 3 is 2.48 bits per heavy atom. The molecule has 0 bridgehead atoms. The molecule has 1 amide bonds. The van der Waals surface area contributed by atoms with Gasteiger partial charge in [-0.1, -0.05) is 23.2 Å². The van der Waals surface area contributed by atoms with Gasteiger partial charge in [0.1, 0.15) is 5.02 Å². The van der Waals surface area contributed by atoms with Crippen molar-refractivity contribution >= 4 is 34.8 Å². The molecule has 10 heteroatoms. The monoisotopic (exact) mass is 344 g/mol. The van der Waals surface area contributed by atoms with Crippen molar-refractivity contribution in [1.82, 2.24) is 5.32 Å². The fourth-order valence-corrected chi connectivity index (χ4v) is 1.82. The molecule has 0 aliphatic carbocycles. The maximum absolute atomic E-state index is 11.9. The Morgan fingerprint density at radius 2 is 1.95 bits per heavy atom. The number of nitro benzene ring substituents is 1. The first kappa shape index (κ1) is 17.5. The number of nitrogens with zero attached hydrogens (tertiary/aromatic N) is 1. The topological polar surface area (TPSA) is 72.2 Å². The van der Waals surface area contributed by atoms with E-state index >= 15 is 0 Å². The highest BCUT2D eigenvalue weighted by Gasteiger charge is 2.26.